The SMILES string of the molecule is CC1(C)[C@H](N(O)C(=O)Nc2ccc(Cl)cc2)N(c2ccc(Cl)cc2)C(=O)N1CCC1=CCCCC1. The second kappa shape index (κ2) is 10.5. The number of nitrogens with one attached hydrogen (secondary N) is 1. The minimum absolute atomic E-state index is 0.280. The first-order valence-corrected chi connectivity index (χ1v) is 12.5. The van der Waals surface area contributed by atoms with Crippen molar-refractivity contribution in [2.24, 2.45) is 0 Å². The van der Waals surface area contributed by atoms with Crippen molar-refractivity contribution in [3.05, 3.63) is 70.2 Å². The van der Waals surface area contributed by atoms with Gasteiger partial charge in [-0.3, -0.25) is 10.1 Å². The third-order valence-corrected chi connectivity index (χ3v) is 7.19. The Hall–Kier alpha value is -2.74. The van der Waals surface area contributed by atoms with E-state index in [-0.39, 0.29) is 6.03 Å². The molecule has 186 valence electrons. The van der Waals surface area contributed by atoms with Gasteiger partial charge in [0.25, 0.3) is 0 Å². The molecular weight excluding hydrogens is 487 g/mol. The summed E-state index contributed by atoms with van der Waals surface area (Å²) in [6, 6.07) is 12.3. The van der Waals surface area contributed by atoms with Crippen LogP contribution >= 0.6 is 23.2 Å². The summed E-state index contributed by atoms with van der Waals surface area (Å²) in [5.74, 6) is 0. The first-order chi connectivity index (χ1) is 16.7. The van der Waals surface area contributed by atoms with E-state index in [2.05, 4.69) is 11.4 Å². The summed E-state index contributed by atoms with van der Waals surface area (Å²) in [6.45, 7) is 4.21. The molecule has 35 heavy (non-hydrogen) atoms. The summed E-state index contributed by atoms with van der Waals surface area (Å²) < 4.78 is 0. The van der Waals surface area contributed by atoms with Crippen LogP contribution in [0, 0.1) is 0 Å². The Kier molecular flexibility index (Phi) is 7.59. The number of benzene rings is 2. The Morgan fingerprint density at radius 2 is 1.71 bits per heavy atom. The number of allylic oxidation sites excluding steroid dienone is 1. The lowest BCUT2D eigenvalue weighted by atomic mass is 9.95. The molecule has 2 aromatic rings. The molecule has 0 saturated carbocycles. The molecule has 0 radical (unpaired) electrons. The number of hydroxylamine groups is 2. The quantitative estimate of drug-likeness (QED) is 0.243. The van der Waals surface area contributed by atoms with Crippen LogP contribution in [0.2, 0.25) is 10.0 Å². The van der Waals surface area contributed by atoms with Crippen molar-refractivity contribution in [2.45, 2.75) is 57.7 Å². The highest BCUT2D eigenvalue weighted by atomic mass is 35.5. The molecular formula is C26H30Cl2N4O3. The minimum Gasteiger partial charge on any atom is -0.315 e. The molecule has 1 fully saturated rings. The second-order valence-corrected chi connectivity index (χ2v) is 10.3. The highest BCUT2D eigenvalue weighted by Crippen LogP contribution is 2.39. The number of amides is 4. The molecule has 4 rings (SSSR count). The molecule has 7 nitrogen and oxygen atoms in total. The van der Waals surface area contributed by atoms with E-state index in [4.69, 9.17) is 23.2 Å². The Morgan fingerprint density at radius 3 is 2.31 bits per heavy atom. The molecule has 0 spiro atoms. The number of urea groups is 2. The van der Waals surface area contributed by atoms with Gasteiger partial charge in [0, 0.05) is 28.0 Å². The van der Waals surface area contributed by atoms with Gasteiger partial charge >= 0.3 is 12.1 Å². The fourth-order valence-corrected chi connectivity index (χ4v) is 5.05. The molecule has 0 unspecified atom stereocenters. The number of hydrogen-bond donors (Lipinski definition) is 2. The fourth-order valence-electron chi connectivity index (χ4n) is 4.79. The third kappa shape index (κ3) is 5.42. The number of nitrogens with zero attached hydrogens (tertiary/aromatic N) is 3. The molecule has 0 aromatic heterocycles. The molecule has 1 aliphatic heterocycles. The number of anilines is 2. The molecule has 1 saturated heterocycles. The van der Waals surface area contributed by atoms with Crippen molar-refractivity contribution >= 4 is 46.6 Å². The van der Waals surface area contributed by atoms with E-state index in [0.717, 1.165) is 25.7 Å². The standard InChI is InChI=1S/C26H30Cl2N4O3/c1-26(2)23(32(35)24(33)29-21-12-8-19(27)9-13-21)31(22-14-10-20(28)11-15-22)25(34)30(26)17-16-18-6-4-3-5-7-18/h6,8-15,23,35H,3-5,7,16-17H2,1-2H3,(H,29,33)/t23-/m0/s1. The Morgan fingerprint density at radius 1 is 1.09 bits per heavy atom. The van der Waals surface area contributed by atoms with E-state index < -0.39 is 17.7 Å². The van der Waals surface area contributed by atoms with Crippen LogP contribution in [-0.2, 0) is 0 Å². The molecule has 2 aliphatic rings. The van der Waals surface area contributed by atoms with Gasteiger partial charge in [-0.05, 0) is 94.5 Å². The summed E-state index contributed by atoms with van der Waals surface area (Å²) in [5, 5.41) is 15.5. The highest BCUT2D eigenvalue weighted by Gasteiger charge is 2.55. The number of carbonyl (C=O) groups is 2. The van der Waals surface area contributed by atoms with E-state index in [1.54, 1.807) is 53.4 Å². The summed E-state index contributed by atoms with van der Waals surface area (Å²) in [6.07, 6.45) is 6.53. The van der Waals surface area contributed by atoms with Crippen molar-refractivity contribution in [3.63, 3.8) is 0 Å². The van der Waals surface area contributed by atoms with Crippen molar-refractivity contribution in [1.29, 1.82) is 0 Å². The van der Waals surface area contributed by atoms with Gasteiger partial charge in [0.1, 0.15) is 0 Å². The van der Waals surface area contributed by atoms with Gasteiger partial charge in [0.15, 0.2) is 6.17 Å². The largest absolute Gasteiger partial charge is 0.347 e. The van der Waals surface area contributed by atoms with Crippen LogP contribution in [0.3, 0.4) is 0 Å². The van der Waals surface area contributed by atoms with Gasteiger partial charge < -0.3 is 10.2 Å². The molecule has 1 aliphatic carbocycles. The maximum Gasteiger partial charge on any atom is 0.347 e. The average molecular weight is 517 g/mol. The van der Waals surface area contributed by atoms with Gasteiger partial charge in [0.05, 0.1) is 5.54 Å². The lowest BCUT2D eigenvalue weighted by molar-refractivity contribution is -0.0947. The van der Waals surface area contributed by atoms with Crippen LogP contribution in [-0.4, -0.2) is 45.5 Å². The maximum absolute atomic E-state index is 13.7. The summed E-state index contributed by atoms with van der Waals surface area (Å²) in [5.41, 5.74) is 1.47. The van der Waals surface area contributed by atoms with Crippen LogP contribution < -0.4 is 10.2 Å². The molecule has 9 heteroatoms. The van der Waals surface area contributed by atoms with E-state index in [0.29, 0.717) is 33.0 Å². The first kappa shape index (κ1) is 25.4. The molecule has 1 atom stereocenters. The molecule has 2 aromatic carbocycles. The molecule has 4 amide bonds. The Balaban J connectivity index is 1.62. The molecule has 1 heterocycles. The number of halogens is 2. The zero-order valence-electron chi connectivity index (χ0n) is 19.9. The normalized spacial score (nSPS) is 19.5. The highest BCUT2D eigenvalue weighted by molar-refractivity contribution is 6.31. The van der Waals surface area contributed by atoms with Crippen LogP contribution in [0.15, 0.2) is 60.2 Å². The zero-order chi connectivity index (χ0) is 25.2. The van der Waals surface area contributed by atoms with Crippen LogP contribution in [0.4, 0.5) is 21.0 Å². The number of hydrogen-bond acceptors (Lipinski definition) is 3. The Bertz CT molecular complexity index is 1100. The maximum atomic E-state index is 13.7. The van der Waals surface area contributed by atoms with Crippen molar-refractivity contribution in [3.8, 4) is 0 Å². The monoisotopic (exact) mass is 516 g/mol. The van der Waals surface area contributed by atoms with Gasteiger partial charge in [-0.2, -0.15) is 5.06 Å². The molecule has 2 N–H and O–H groups in total. The lowest BCUT2D eigenvalue weighted by Crippen LogP contribution is -2.58. The van der Waals surface area contributed by atoms with Crippen LogP contribution in [0.1, 0.15) is 46.0 Å². The van der Waals surface area contributed by atoms with Gasteiger partial charge in [-0.15, -0.1) is 0 Å². The van der Waals surface area contributed by atoms with Crippen molar-refractivity contribution < 1.29 is 14.8 Å². The summed E-state index contributed by atoms with van der Waals surface area (Å²) in [4.78, 5) is 30.0. The third-order valence-electron chi connectivity index (χ3n) is 6.69. The van der Waals surface area contributed by atoms with E-state index >= 15 is 0 Å². The van der Waals surface area contributed by atoms with E-state index in [1.165, 1.54) is 16.9 Å². The fraction of sp³-hybridized carbons (Fsp3) is 0.385. The lowest BCUT2D eigenvalue weighted by Gasteiger charge is -2.38. The van der Waals surface area contributed by atoms with E-state index in [1.807, 2.05) is 13.8 Å². The minimum atomic E-state index is -0.983. The van der Waals surface area contributed by atoms with E-state index in [9.17, 15) is 14.8 Å². The summed E-state index contributed by atoms with van der Waals surface area (Å²) >= 11 is 12.0. The van der Waals surface area contributed by atoms with Gasteiger partial charge in [-0.25, -0.2) is 9.59 Å². The van der Waals surface area contributed by atoms with Crippen molar-refractivity contribution in [2.75, 3.05) is 16.8 Å². The average Bonchev–Trinajstić information content (AvgIpc) is 3.04. The van der Waals surface area contributed by atoms with Gasteiger partial charge in [-0.1, -0.05) is 34.9 Å². The Labute approximate surface area is 215 Å². The number of carbonyl (C=O) groups excluding carboxylic acids is 2. The predicted octanol–water partition coefficient (Wildman–Crippen LogP) is 7.15. The van der Waals surface area contributed by atoms with Crippen molar-refractivity contribution in [1.82, 2.24) is 9.96 Å². The van der Waals surface area contributed by atoms with Crippen LogP contribution in [0.25, 0.3) is 0 Å². The topological polar surface area (TPSA) is 76.1 Å². The summed E-state index contributed by atoms with van der Waals surface area (Å²) in [7, 11) is 0. The predicted molar refractivity (Wildman–Crippen MR) is 139 cm³/mol. The second-order valence-electron chi connectivity index (χ2n) is 9.45. The van der Waals surface area contributed by atoms with Crippen LogP contribution in [0.5, 0.6) is 0 Å². The number of rotatable bonds is 6. The smallest absolute Gasteiger partial charge is 0.315 e. The van der Waals surface area contributed by atoms with Gasteiger partial charge in [0.2, 0.25) is 0 Å². The zero-order valence-corrected chi connectivity index (χ0v) is 21.4. The first-order valence-electron chi connectivity index (χ1n) is 11.8. The molecule has 0 bridgehead atoms.